The van der Waals surface area contributed by atoms with Gasteiger partial charge in [0.25, 0.3) is 5.91 Å². The first kappa shape index (κ1) is 12.5. The van der Waals surface area contributed by atoms with Crippen LogP contribution >= 0.6 is 11.3 Å². The second kappa shape index (κ2) is 4.92. The molecular formula is C16H20N2OS. The minimum atomic E-state index is 0.111. The summed E-state index contributed by atoms with van der Waals surface area (Å²) in [6.45, 7) is 1.85. The highest BCUT2D eigenvalue weighted by Gasteiger charge is 2.25. The molecule has 4 rings (SSSR count). The zero-order valence-corrected chi connectivity index (χ0v) is 12.4. The average molecular weight is 288 g/mol. The molecule has 0 spiro atoms. The standard InChI is InChI=1S/C16H20N2OS/c19-16(17-9-11-4-5-11)14-8-15-13(6-7-20-15)18(14)10-12-2-1-3-12/h6-8,11-12H,1-5,9-10H2,(H,17,19). The predicted octanol–water partition coefficient (Wildman–Crippen LogP) is 3.64. The molecule has 2 saturated carbocycles. The molecule has 2 heterocycles. The third-order valence-corrected chi connectivity index (χ3v) is 5.52. The van der Waals surface area contributed by atoms with E-state index in [1.165, 1.54) is 42.3 Å². The summed E-state index contributed by atoms with van der Waals surface area (Å²) in [5, 5.41) is 5.23. The zero-order chi connectivity index (χ0) is 13.5. The van der Waals surface area contributed by atoms with Gasteiger partial charge in [0.15, 0.2) is 0 Å². The topological polar surface area (TPSA) is 34.0 Å². The lowest BCUT2D eigenvalue weighted by molar-refractivity contribution is 0.0940. The van der Waals surface area contributed by atoms with E-state index in [-0.39, 0.29) is 5.91 Å². The van der Waals surface area contributed by atoms with E-state index in [1.807, 2.05) is 0 Å². The molecule has 0 atom stereocenters. The molecule has 106 valence electrons. The Morgan fingerprint density at radius 2 is 2.15 bits per heavy atom. The fraction of sp³-hybridized carbons (Fsp3) is 0.562. The van der Waals surface area contributed by atoms with Gasteiger partial charge in [-0.25, -0.2) is 0 Å². The van der Waals surface area contributed by atoms with Crippen LogP contribution in [0.5, 0.6) is 0 Å². The number of amides is 1. The van der Waals surface area contributed by atoms with Crippen LogP contribution in [-0.4, -0.2) is 17.0 Å². The Hall–Kier alpha value is -1.29. The number of thiophene rings is 1. The quantitative estimate of drug-likeness (QED) is 0.895. The Bertz CT molecular complexity index is 634. The van der Waals surface area contributed by atoms with Gasteiger partial charge in [0.2, 0.25) is 0 Å². The number of aromatic nitrogens is 1. The van der Waals surface area contributed by atoms with Crippen LogP contribution in [0.1, 0.15) is 42.6 Å². The first-order valence-corrected chi connectivity index (χ1v) is 8.54. The first-order chi connectivity index (χ1) is 9.81. The van der Waals surface area contributed by atoms with Crippen molar-refractivity contribution in [3.8, 4) is 0 Å². The smallest absolute Gasteiger partial charge is 0.267 e. The summed E-state index contributed by atoms with van der Waals surface area (Å²) >= 11 is 1.73. The third-order valence-electron chi connectivity index (χ3n) is 4.67. The number of rotatable bonds is 5. The molecule has 0 aliphatic heterocycles. The number of hydrogen-bond acceptors (Lipinski definition) is 2. The van der Waals surface area contributed by atoms with E-state index in [1.54, 1.807) is 11.3 Å². The van der Waals surface area contributed by atoms with Crippen LogP contribution < -0.4 is 5.32 Å². The lowest BCUT2D eigenvalue weighted by Crippen LogP contribution is -2.29. The summed E-state index contributed by atoms with van der Waals surface area (Å²) in [6, 6.07) is 4.22. The number of nitrogens with zero attached hydrogens (tertiary/aromatic N) is 1. The maximum absolute atomic E-state index is 12.4. The Morgan fingerprint density at radius 1 is 1.30 bits per heavy atom. The van der Waals surface area contributed by atoms with E-state index < -0.39 is 0 Å². The van der Waals surface area contributed by atoms with Gasteiger partial charge in [-0.15, -0.1) is 11.3 Å². The van der Waals surface area contributed by atoms with E-state index in [9.17, 15) is 4.79 Å². The van der Waals surface area contributed by atoms with E-state index in [0.717, 1.165) is 30.6 Å². The molecular weight excluding hydrogens is 268 g/mol. The van der Waals surface area contributed by atoms with Gasteiger partial charge in [-0.3, -0.25) is 4.79 Å². The maximum atomic E-state index is 12.4. The predicted molar refractivity (Wildman–Crippen MR) is 82.2 cm³/mol. The van der Waals surface area contributed by atoms with Crippen LogP contribution in [0.3, 0.4) is 0 Å². The summed E-state index contributed by atoms with van der Waals surface area (Å²) in [7, 11) is 0. The highest BCUT2D eigenvalue weighted by Crippen LogP contribution is 2.32. The van der Waals surface area contributed by atoms with Crippen LogP contribution in [0.4, 0.5) is 0 Å². The molecule has 2 aromatic heterocycles. The molecule has 0 unspecified atom stereocenters. The lowest BCUT2D eigenvalue weighted by Gasteiger charge is -2.26. The Kier molecular flexibility index (Phi) is 3.06. The molecule has 1 N–H and O–H groups in total. The molecule has 0 aromatic carbocycles. The number of nitrogens with one attached hydrogen (secondary N) is 1. The summed E-state index contributed by atoms with van der Waals surface area (Å²) in [5.41, 5.74) is 2.10. The van der Waals surface area contributed by atoms with Crippen molar-refractivity contribution in [3.63, 3.8) is 0 Å². The van der Waals surface area contributed by atoms with Gasteiger partial charge in [-0.05, 0) is 55.0 Å². The van der Waals surface area contributed by atoms with Crippen LogP contribution in [0.25, 0.3) is 10.2 Å². The van der Waals surface area contributed by atoms with Gasteiger partial charge < -0.3 is 9.88 Å². The van der Waals surface area contributed by atoms with Gasteiger partial charge in [0.05, 0.1) is 10.2 Å². The second-order valence-electron chi connectivity index (χ2n) is 6.26. The van der Waals surface area contributed by atoms with Crippen molar-refractivity contribution in [2.24, 2.45) is 11.8 Å². The highest BCUT2D eigenvalue weighted by atomic mass is 32.1. The van der Waals surface area contributed by atoms with Gasteiger partial charge in [0, 0.05) is 13.1 Å². The van der Waals surface area contributed by atoms with Crippen molar-refractivity contribution in [1.82, 2.24) is 9.88 Å². The monoisotopic (exact) mass is 288 g/mol. The van der Waals surface area contributed by atoms with Crippen molar-refractivity contribution in [3.05, 3.63) is 23.2 Å². The second-order valence-corrected chi connectivity index (χ2v) is 7.21. The fourth-order valence-corrected chi connectivity index (χ4v) is 3.77. The minimum absolute atomic E-state index is 0.111. The molecule has 2 fully saturated rings. The van der Waals surface area contributed by atoms with E-state index in [2.05, 4.69) is 27.4 Å². The van der Waals surface area contributed by atoms with Crippen molar-refractivity contribution in [1.29, 1.82) is 0 Å². The van der Waals surface area contributed by atoms with Crippen molar-refractivity contribution >= 4 is 27.5 Å². The molecule has 0 bridgehead atoms. The van der Waals surface area contributed by atoms with Crippen molar-refractivity contribution in [2.75, 3.05) is 6.54 Å². The molecule has 0 radical (unpaired) electrons. The number of carbonyl (C=O) groups excluding carboxylic acids is 1. The van der Waals surface area contributed by atoms with E-state index in [4.69, 9.17) is 0 Å². The van der Waals surface area contributed by atoms with Crippen molar-refractivity contribution < 1.29 is 4.79 Å². The van der Waals surface area contributed by atoms with E-state index >= 15 is 0 Å². The first-order valence-electron chi connectivity index (χ1n) is 7.66. The van der Waals surface area contributed by atoms with Gasteiger partial charge in [0.1, 0.15) is 5.69 Å². The largest absolute Gasteiger partial charge is 0.350 e. The molecule has 1 amide bonds. The van der Waals surface area contributed by atoms with Crippen LogP contribution in [0.15, 0.2) is 17.5 Å². The Labute approximate surface area is 123 Å². The minimum Gasteiger partial charge on any atom is -0.350 e. The summed E-state index contributed by atoms with van der Waals surface area (Å²) in [5.74, 6) is 1.61. The average Bonchev–Trinajstić information content (AvgIpc) is 2.99. The van der Waals surface area contributed by atoms with Gasteiger partial charge in [-0.2, -0.15) is 0 Å². The number of fused-ring (bicyclic) bond motifs is 1. The van der Waals surface area contributed by atoms with Crippen LogP contribution in [-0.2, 0) is 6.54 Å². The SMILES string of the molecule is O=C(NCC1CC1)c1cc2sccc2n1CC1CCC1. The molecule has 2 aromatic rings. The number of hydrogen-bond donors (Lipinski definition) is 1. The number of carbonyl (C=O) groups is 1. The lowest BCUT2D eigenvalue weighted by atomic mass is 9.85. The molecule has 2 aliphatic rings. The van der Waals surface area contributed by atoms with E-state index in [0.29, 0.717) is 0 Å². The zero-order valence-electron chi connectivity index (χ0n) is 11.6. The maximum Gasteiger partial charge on any atom is 0.267 e. The van der Waals surface area contributed by atoms with Gasteiger partial charge in [-0.1, -0.05) is 6.42 Å². The molecule has 4 heteroatoms. The summed E-state index contributed by atoms with van der Waals surface area (Å²) < 4.78 is 3.48. The molecule has 0 saturated heterocycles. The third kappa shape index (κ3) is 2.26. The van der Waals surface area contributed by atoms with Crippen LogP contribution in [0.2, 0.25) is 0 Å². The fourth-order valence-electron chi connectivity index (χ4n) is 2.95. The Balaban J connectivity index is 1.59. The van der Waals surface area contributed by atoms with Crippen LogP contribution in [0, 0.1) is 11.8 Å². The Morgan fingerprint density at radius 3 is 2.85 bits per heavy atom. The highest BCUT2D eigenvalue weighted by molar-refractivity contribution is 7.17. The molecule has 3 nitrogen and oxygen atoms in total. The molecule has 2 aliphatic carbocycles. The van der Waals surface area contributed by atoms with Gasteiger partial charge >= 0.3 is 0 Å². The summed E-state index contributed by atoms with van der Waals surface area (Å²) in [6.07, 6.45) is 6.53. The molecule has 20 heavy (non-hydrogen) atoms. The summed E-state index contributed by atoms with van der Waals surface area (Å²) in [4.78, 5) is 12.4. The van der Waals surface area contributed by atoms with Crippen molar-refractivity contribution in [2.45, 2.75) is 38.6 Å². The normalized spacial score (nSPS) is 19.2.